The molecule has 14 heavy (non-hydrogen) atoms. The Morgan fingerprint density at radius 1 is 1.36 bits per heavy atom. The van der Waals surface area contributed by atoms with Gasteiger partial charge in [0.25, 0.3) is 0 Å². The van der Waals surface area contributed by atoms with Crippen LogP contribution >= 0.6 is 0 Å². The van der Waals surface area contributed by atoms with Gasteiger partial charge in [0.1, 0.15) is 11.7 Å². The third kappa shape index (κ3) is 1.63. The molecule has 3 heteroatoms. The van der Waals surface area contributed by atoms with Gasteiger partial charge in [-0.15, -0.1) is 0 Å². The first-order valence-electron chi connectivity index (χ1n) is 4.86. The van der Waals surface area contributed by atoms with Crippen molar-refractivity contribution in [2.45, 2.75) is 34.1 Å². The van der Waals surface area contributed by atoms with Crippen LogP contribution < -0.4 is 0 Å². The smallest absolute Gasteiger partial charge is 0.156 e. The van der Waals surface area contributed by atoms with E-state index in [0.717, 1.165) is 0 Å². The second kappa shape index (κ2) is 3.30. The number of carbonyl (C=O) groups is 3. The van der Waals surface area contributed by atoms with Crippen LogP contribution in [0.2, 0.25) is 0 Å². The molecule has 2 atom stereocenters. The zero-order chi connectivity index (χ0) is 11.1. The van der Waals surface area contributed by atoms with Gasteiger partial charge in [0.2, 0.25) is 0 Å². The van der Waals surface area contributed by atoms with Crippen LogP contribution in [0.1, 0.15) is 34.1 Å². The van der Waals surface area contributed by atoms with Crippen molar-refractivity contribution in [3.63, 3.8) is 0 Å². The minimum absolute atomic E-state index is 0.184. The van der Waals surface area contributed by atoms with Crippen molar-refractivity contribution in [2.75, 3.05) is 0 Å². The standard InChI is InChI=1S/C11H16O3/c1-6-5-11(3,4)10(14)8(7(2)12)9(6)13/h6,8H,5H2,1-4H3/t6-,8-/m1/s1. The van der Waals surface area contributed by atoms with Crippen LogP contribution in [0.3, 0.4) is 0 Å². The maximum absolute atomic E-state index is 11.8. The molecule has 0 saturated heterocycles. The Bertz CT molecular complexity index is 302. The van der Waals surface area contributed by atoms with E-state index in [1.807, 2.05) is 0 Å². The Morgan fingerprint density at radius 2 is 1.86 bits per heavy atom. The van der Waals surface area contributed by atoms with Crippen molar-refractivity contribution >= 4 is 17.3 Å². The third-order valence-electron chi connectivity index (χ3n) is 2.92. The lowest BCUT2D eigenvalue weighted by atomic mass is 9.65. The lowest BCUT2D eigenvalue weighted by molar-refractivity contribution is -0.150. The zero-order valence-electron chi connectivity index (χ0n) is 9.09. The van der Waals surface area contributed by atoms with Crippen LogP contribution in [0.4, 0.5) is 0 Å². The van der Waals surface area contributed by atoms with Crippen LogP contribution in [0.25, 0.3) is 0 Å². The Kier molecular flexibility index (Phi) is 2.61. The van der Waals surface area contributed by atoms with Gasteiger partial charge < -0.3 is 0 Å². The summed E-state index contributed by atoms with van der Waals surface area (Å²) in [6.45, 7) is 6.70. The Hall–Kier alpha value is -0.990. The first kappa shape index (κ1) is 11.1. The molecule has 3 nitrogen and oxygen atoms in total. The van der Waals surface area contributed by atoms with Gasteiger partial charge in [0, 0.05) is 11.3 Å². The molecule has 0 bridgehead atoms. The molecular weight excluding hydrogens is 180 g/mol. The number of Topliss-reactive ketones (excluding diaryl/α,β-unsaturated/α-hetero) is 3. The van der Waals surface area contributed by atoms with Crippen LogP contribution in [0, 0.1) is 17.3 Å². The molecule has 0 unspecified atom stereocenters. The third-order valence-corrected chi connectivity index (χ3v) is 2.92. The van der Waals surface area contributed by atoms with E-state index in [1.54, 1.807) is 20.8 Å². The summed E-state index contributed by atoms with van der Waals surface area (Å²) < 4.78 is 0. The highest BCUT2D eigenvalue weighted by Gasteiger charge is 2.47. The average molecular weight is 196 g/mol. The summed E-state index contributed by atoms with van der Waals surface area (Å²) in [5, 5.41) is 0. The Morgan fingerprint density at radius 3 is 2.29 bits per heavy atom. The van der Waals surface area contributed by atoms with E-state index in [0.29, 0.717) is 6.42 Å². The van der Waals surface area contributed by atoms with E-state index in [4.69, 9.17) is 0 Å². The van der Waals surface area contributed by atoms with Crippen LogP contribution in [0.15, 0.2) is 0 Å². The lowest BCUT2D eigenvalue weighted by Crippen LogP contribution is -2.47. The first-order chi connectivity index (χ1) is 6.27. The molecule has 0 heterocycles. The van der Waals surface area contributed by atoms with Crippen molar-refractivity contribution in [1.82, 2.24) is 0 Å². The van der Waals surface area contributed by atoms with Crippen molar-refractivity contribution in [3.8, 4) is 0 Å². The minimum Gasteiger partial charge on any atom is -0.299 e. The van der Waals surface area contributed by atoms with Gasteiger partial charge in [0.05, 0.1) is 0 Å². The molecule has 0 spiro atoms. The predicted octanol–water partition coefficient (Wildman–Crippen LogP) is 1.40. The SMILES string of the molecule is CC(=O)[C@@H]1C(=O)[C@H](C)CC(C)(C)C1=O. The highest BCUT2D eigenvalue weighted by molar-refractivity contribution is 6.21. The molecule has 0 N–H and O–H groups in total. The normalized spacial score (nSPS) is 31.7. The summed E-state index contributed by atoms with van der Waals surface area (Å²) in [6, 6.07) is 0. The maximum atomic E-state index is 11.8. The Balaban J connectivity index is 3.08. The highest BCUT2D eigenvalue weighted by atomic mass is 16.2. The fourth-order valence-corrected chi connectivity index (χ4v) is 2.16. The van der Waals surface area contributed by atoms with Crippen LogP contribution in [-0.2, 0) is 14.4 Å². The monoisotopic (exact) mass is 196 g/mol. The number of carbonyl (C=O) groups excluding carboxylic acids is 3. The second-order valence-corrected chi connectivity index (χ2v) is 4.80. The largest absolute Gasteiger partial charge is 0.299 e. The van der Waals surface area contributed by atoms with E-state index >= 15 is 0 Å². The fourth-order valence-electron chi connectivity index (χ4n) is 2.16. The summed E-state index contributed by atoms with van der Waals surface area (Å²) >= 11 is 0. The summed E-state index contributed by atoms with van der Waals surface area (Å²) in [5.74, 6) is -1.93. The molecule has 1 aliphatic carbocycles. The summed E-state index contributed by atoms with van der Waals surface area (Å²) in [5.41, 5.74) is -0.538. The van der Waals surface area contributed by atoms with E-state index < -0.39 is 11.3 Å². The van der Waals surface area contributed by atoms with Crippen LogP contribution in [-0.4, -0.2) is 17.3 Å². The van der Waals surface area contributed by atoms with Gasteiger partial charge >= 0.3 is 0 Å². The molecule has 0 aromatic heterocycles. The van der Waals surface area contributed by atoms with E-state index in [-0.39, 0.29) is 23.3 Å². The number of ketones is 3. The van der Waals surface area contributed by atoms with Crippen molar-refractivity contribution in [3.05, 3.63) is 0 Å². The van der Waals surface area contributed by atoms with Gasteiger partial charge in [-0.05, 0) is 13.3 Å². The highest BCUT2D eigenvalue weighted by Crippen LogP contribution is 2.36. The molecule has 1 aliphatic rings. The molecule has 0 radical (unpaired) electrons. The van der Waals surface area contributed by atoms with E-state index in [9.17, 15) is 14.4 Å². The summed E-state index contributed by atoms with van der Waals surface area (Å²) in [4.78, 5) is 34.6. The molecule has 0 aromatic carbocycles. The minimum atomic E-state index is -1.01. The molecule has 1 rings (SSSR count). The Labute approximate surface area is 83.9 Å². The quantitative estimate of drug-likeness (QED) is 0.595. The van der Waals surface area contributed by atoms with Crippen molar-refractivity contribution < 1.29 is 14.4 Å². The molecular formula is C11H16O3. The zero-order valence-corrected chi connectivity index (χ0v) is 9.09. The second-order valence-electron chi connectivity index (χ2n) is 4.80. The van der Waals surface area contributed by atoms with Gasteiger partial charge in [-0.3, -0.25) is 14.4 Å². The average Bonchev–Trinajstić information content (AvgIpc) is 2.00. The van der Waals surface area contributed by atoms with E-state index in [2.05, 4.69) is 0 Å². The van der Waals surface area contributed by atoms with Crippen molar-refractivity contribution in [2.24, 2.45) is 17.3 Å². The number of hydrogen-bond acceptors (Lipinski definition) is 3. The molecule has 0 amide bonds. The fraction of sp³-hybridized carbons (Fsp3) is 0.727. The number of rotatable bonds is 1. The lowest BCUT2D eigenvalue weighted by Gasteiger charge is -2.35. The molecule has 0 aliphatic heterocycles. The van der Waals surface area contributed by atoms with Crippen molar-refractivity contribution in [1.29, 1.82) is 0 Å². The van der Waals surface area contributed by atoms with E-state index in [1.165, 1.54) is 6.92 Å². The molecule has 78 valence electrons. The maximum Gasteiger partial charge on any atom is 0.156 e. The van der Waals surface area contributed by atoms with Crippen LogP contribution in [0.5, 0.6) is 0 Å². The van der Waals surface area contributed by atoms with Gasteiger partial charge in [0.15, 0.2) is 11.6 Å². The number of hydrogen-bond donors (Lipinski definition) is 0. The first-order valence-corrected chi connectivity index (χ1v) is 4.86. The predicted molar refractivity (Wildman–Crippen MR) is 51.7 cm³/mol. The topological polar surface area (TPSA) is 51.2 Å². The molecule has 0 aromatic rings. The summed E-state index contributed by atoms with van der Waals surface area (Å²) in [7, 11) is 0. The summed E-state index contributed by atoms with van der Waals surface area (Å²) in [6.07, 6.45) is 0.550. The molecule has 1 saturated carbocycles. The van der Waals surface area contributed by atoms with Gasteiger partial charge in [-0.25, -0.2) is 0 Å². The van der Waals surface area contributed by atoms with Gasteiger partial charge in [-0.2, -0.15) is 0 Å². The van der Waals surface area contributed by atoms with Gasteiger partial charge in [-0.1, -0.05) is 20.8 Å². The molecule has 1 fully saturated rings.